The van der Waals surface area contributed by atoms with Gasteiger partial charge >= 0.3 is 23.9 Å². The van der Waals surface area contributed by atoms with Crippen molar-refractivity contribution in [1.29, 1.82) is 0 Å². The highest BCUT2D eigenvalue weighted by atomic mass is 16.6. The molecule has 2 amide bonds. The molecule has 0 rings (SSSR count). The Balaban J connectivity index is 6.30. The Kier molecular flexibility index (Phi) is 17.1. The molecule has 0 heterocycles. The Morgan fingerprint density at radius 3 is 0.951 bits per heavy atom. The fourth-order valence-electron chi connectivity index (χ4n) is 3.04. The van der Waals surface area contributed by atoms with Crippen LogP contribution in [0.5, 0.6) is 0 Å². The molecule has 0 fully saturated rings. The van der Waals surface area contributed by atoms with Crippen LogP contribution in [0.4, 0.5) is 0 Å². The van der Waals surface area contributed by atoms with Crippen molar-refractivity contribution in [2.75, 3.05) is 52.6 Å². The van der Waals surface area contributed by atoms with Crippen LogP contribution in [-0.2, 0) is 47.7 Å². The van der Waals surface area contributed by atoms with Gasteiger partial charge in [-0.25, -0.2) is 19.2 Å². The number of hydrogen-bond donors (Lipinski definition) is 3. The zero-order valence-corrected chi connectivity index (χ0v) is 22.9. The molecule has 0 unspecified atom stereocenters. The summed E-state index contributed by atoms with van der Waals surface area (Å²) < 4.78 is 20.9. The van der Waals surface area contributed by atoms with E-state index in [9.17, 15) is 28.8 Å². The lowest BCUT2D eigenvalue weighted by atomic mass is 9.86. The minimum absolute atomic E-state index is 0.0821. The van der Waals surface area contributed by atoms with Crippen LogP contribution in [0.15, 0.2) is 75.9 Å². The molecule has 0 saturated carbocycles. The van der Waals surface area contributed by atoms with E-state index in [4.69, 9.17) is 18.9 Å². The quantitative estimate of drug-likeness (QED) is 0.0905. The summed E-state index contributed by atoms with van der Waals surface area (Å²) >= 11 is 0. The molecule has 0 spiro atoms. The summed E-state index contributed by atoms with van der Waals surface area (Å²) in [5, 5.41) is 8.27. The van der Waals surface area contributed by atoms with Crippen LogP contribution in [0.25, 0.3) is 0 Å². The molecule has 13 nitrogen and oxygen atoms in total. The molecule has 13 heteroatoms. The first-order valence-corrected chi connectivity index (χ1v) is 12.1. The van der Waals surface area contributed by atoms with Crippen LogP contribution < -0.4 is 16.0 Å². The lowest BCUT2D eigenvalue weighted by Gasteiger charge is -2.36. The van der Waals surface area contributed by atoms with Crippen LogP contribution in [-0.4, -0.2) is 88.3 Å². The highest BCUT2D eigenvalue weighted by molar-refractivity contribution is 5.87. The largest absolute Gasteiger partial charge is 0.462 e. The molecule has 0 saturated heterocycles. The fraction of sp³-hybridized carbons (Fsp3) is 0.357. The van der Waals surface area contributed by atoms with Gasteiger partial charge < -0.3 is 34.9 Å². The average Bonchev–Trinajstić information content (AvgIpc) is 3.00. The van der Waals surface area contributed by atoms with Crippen LogP contribution in [0.2, 0.25) is 0 Å². The van der Waals surface area contributed by atoms with Crippen molar-refractivity contribution < 1.29 is 47.7 Å². The molecule has 0 aliphatic heterocycles. The molecule has 0 aromatic carbocycles. The maximum Gasteiger partial charge on any atom is 0.330 e. The van der Waals surface area contributed by atoms with Gasteiger partial charge in [-0.1, -0.05) is 39.5 Å². The van der Waals surface area contributed by atoms with E-state index < -0.39 is 46.5 Å². The van der Waals surface area contributed by atoms with Gasteiger partial charge in [-0.15, -0.1) is 0 Å². The zero-order chi connectivity index (χ0) is 31.3. The number of carbonyl (C=O) groups excluding carboxylic acids is 6. The first kappa shape index (κ1) is 36.2. The summed E-state index contributed by atoms with van der Waals surface area (Å²) in [6, 6.07) is 0. The van der Waals surface area contributed by atoms with Gasteiger partial charge in [0.1, 0.15) is 26.4 Å². The minimum Gasteiger partial charge on any atom is -0.462 e. The molecule has 0 radical (unpaired) electrons. The third kappa shape index (κ3) is 14.8. The summed E-state index contributed by atoms with van der Waals surface area (Å²) in [5.41, 5.74) is -2.50. The number of carbonyl (C=O) groups is 6. The van der Waals surface area contributed by atoms with Crippen molar-refractivity contribution in [3.05, 3.63) is 75.9 Å². The summed E-state index contributed by atoms with van der Waals surface area (Å²) in [7, 11) is 0. The molecule has 0 atom stereocenters. The summed E-state index contributed by atoms with van der Waals surface area (Å²) in [4.78, 5) is 71.4. The molecular formula is C28H37N3O10. The molecule has 3 N–H and O–H groups in total. The lowest BCUT2D eigenvalue weighted by Crippen LogP contribution is -2.55. The van der Waals surface area contributed by atoms with E-state index in [-0.39, 0.29) is 52.6 Å². The van der Waals surface area contributed by atoms with Crippen LogP contribution in [0, 0.1) is 10.8 Å². The van der Waals surface area contributed by atoms with Crippen molar-refractivity contribution >= 4 is 35.7 Å². The van der Waals surface area contributed by atoms with E-state index in [1.54, 1.807) is 0 Å². The monoisotopic (exact) mass is 575 g/mol. The van der Waals surface area contributed by atoms with Crippen LogP contribution in [0.1, 0.15) is 0 Å². The predicted octanol–water partition coefficient (Wildman–Crippen LogP) is 0.0700. The van der Waals surface area contributed by atoms with Gasteiger partial charge in [-0.05, 0) is 12.2 Å². The normalized spacial score (nSPS) is 10.5. The second kappa shape index (κ2) is 19.3. The summed E-state index contributed by atoms with van der Waals surface area (Å²) in [6.07, 6.45) is 5.80. The molecule has 0 aromatic heterocycles. The Bertz CT molecular complexity index is 835. The van der Waals surface area contributed by atoms with Gasteiger partial charge in [0.2, 0.25) is 11.8 Å². The standard InChI is InChI=1S/C28H37N3O10/c1-7-21(32)30-15-27(17-38-23(34)9-3,18-39-24(35)10-4)13-29-14-28(16-31-22(33)8-2,19-40-25(36)11-5)20-41-26(37)12-6/h7-12,29H,1-6,13-20H2,(H,30,32)(H,31,33). The maximum absolute atomic E-state index is 12.0. The van der Waals surface area contributed by atoms with Crippen molar-refractivity contribution in [1.82, 2.24) is 16.0 Å². The van der Waals surface area contributed by atoms with Crippen LogP contribution in [0.3, 0.4) is 0 Å². The van der Waals surface area contributed by atoms with Gasteiger partial charge in [0.25, 0.3) is 0 Å². The summed E-state index contributed by atoms with van der Waals surface area (Å²) in [5.74, 6) is -4.17. The smallest absolute Gasteiger partial charge is 0.330 e. The highest BCUT2D eigenvalue weighted by Crippen LogP contribution is 2.22. The van der Waals surface area contributed by atoms with Crippen molar-refractivity contribution in [2.24, 2.45) is 10.8 Å². The number of amides is 2. The van der Waals surface area contributed by atoms with E-state index in [0.717, 1.165) is 36.5 Å². The first-order valence-electron chi connectivity index (χ1n) is 12.1. The van der Waals surface area contributed by atoms with Gasteiger partial charge in [0.15, 0.2) is 0 Å². The Labute approximate surface area is 239 Å². The minimum atomic E-state index is -1.25. The predicted molar refractivity (Wildman–Crippen MR) is 149 cm³/mol. The number of rotatable bonds is 22. The Morgan fingerprint density at radius 1 is 0.463 bits per heavy atom. The third-order valence-corrected chi connectivity index (χ3v) is 5.40. The first-order chi connectivity index (χ1) is 19.4. The number of ether oxygens (including phenoxy) is 4. The molecule has 224 valence electrons. The average molecular weight is 576 g/mol. The maximum atomic E-state index is 12.0. The van der Waals surface area contributed by atoms with Crippen molar-refractivity contribution in [2.45, 2.75) is 0 Å². The van der Waals surface area contributed by atoms with E-state index in [2.05, 4.69) is 55.4 Å². The van der Waals surface area contributed by atoms with Gasteiger partial charge in [-0.2, -0.15) is 0 Å². The van der Waals surface area contributed by atoms with E-state index >= 15 is 0 Å². The Hall–Kier alpha value is -4.78. The molecule has 0 aromatic rings. The Morgan fingerprint density at radius 2 is 0.732 bits per heavy atom. The van der Waals surface area contributed by atoms with Gasteiger partial charge in [-0.3, -0.25) is 9.59 Å². The van der Waals surface area contributed by atoms with Crippen LogP contribution >= 0.6 is 0 Å². The van der Waals surface area contributed by atoms with E-state index in [1.807, 2.05) is 0 Å². The molecular weight excluding hydrogens is 538 g/mol. The summed E-state index contributed by atoms with van der Waals surface area (Å²) in [6.45, 7) is 18.3. The van der Waals surface area contributed by atoms with E-state index in [0.29, 0.717) is 0 Å². The molecule has 41 heavy (non-hydrogen) atoms. The molecule has 0 aliphatic rings. The van der Waals surface area contributed by atoms with Gasteiger partial charge in [0, 0.05) is 50.5 Å². The number of nitrogens with one attached hydrogen (secondary N) is 3. The second-order valence-electron chi connectivity index (χ2n) is 8.69. The highest BCUT2D eigenvalue weighted by Gasteiger charge is 2.38. The third-order valence-electron chi connectivity index (χ3n) is 5.40. The van der Waals surface area contributed by atoms with Gasteiger partial charge in [0.05, 0.1) is 10.8 Å². The van der Waals surface area contributed by atoms with Crippen molar-refractivity contribution in [3.8, 4) is 0 Å². The molecule has 0 aliphatic carbocycles. The fourth-order valence-corrected chi connectivity index (χ4v) is 3.04. The molecule has 0 bridgehead atoms. The van der Waals surface area contributed by atoms with Crippen molar-refractivity contribution in [3.63, 3.8) is 0 Å². The SMILES string of the molecule is C=CC(=O)NCC(CNCC(CNC(=O)C=C)(COC(=O)C=C)COC(=O)C=C)(COC(=O)C=C)COC(=O)C=C. The number of hydrogen-bond acceptors (Lipinski definition) is 11. The second-order valence-corrected chi connectivity index (χ2v) is 8.69. The van der Waals surface area contributed by atoms with E-state index in [1.165, 1.54) is 0 Å². The lowest BCUT2D eigenvalue weighted by molar-refractivity contribution is -0.148. The number of esters is 4. The zero-order valence-electron chi connectivity index (χ0n) is 22.9. The topological polar surface area (TPSA) is 175 Å².